The average Bonchev–Trinajstić information content (AvgIpc) is 2.66. The maximum atomic E-state index is 13.1. The molecular weight excluding hydrogens is 484 g/mol. The first-order chi connectivity index (χ1) is 14.2. The van der Waals surface area contributed by atoms with Crippen molar-refractivity contribution in [3.63, 3.8) is 0 Å². The lowest BCUT2D eigenvalue weighted by atomic mass is 10.1. The van der Waals surface area contributed by atoms with Gasteiger partial charge in [0.05, 0.1) is 21.8 Å². The smallest absolute Gasteiger partial charge is 0.418 e. The van der Waals surface area contributed by atoms with Gasteiger partial charge in [-0.3, -0.25) is 4.79 Å². The Morgan fingerprint density at radius 3 is 2.32 bits per heavy atom. The fourth-order valence-corrected chi connectivity index (χ4v) is 3.85. The number of halogens is 5. The molecule has 2 rings (SSSR count). The molecule has 1 N–H and O–H groups in total. The van der Waals surface area contributed by atoms with Crippen LogP contribution in [0, 0.1) is 0 Å². The minimum atomic E-state index is -4.78. The van der Waals surface area contributed by atoms with E-state index in [2.05, 4.69) is 0 Å². The third-order valence-corrected chi connectivity index (χ3v) is 6.35. The molecule has 2 aromatic carbocycles. The summed E-state index contributed by atoms with van der Waals surface area (Å²) >= 11 is 11.5. The third kappa shape index (κ3) is 6.10. The number of hydrogen-bond donors (Lipinski definition) is 1. The number of ether oxygens (including phenoxy) is 1. The predicted molar refractivity (Wildman–Crippen MR) is 108 cm³/mol. The highest BCUT2D eigenvalue weighted by molar-refractivity contribution is 7.89. The number of benzene rings is 2. The van der Waals surface area contributed by atoms with Gasteiger partial charge in [0, 0.05) is 19.1 Å². The lowest BCUT2D eigenvalue weighted by molar-refractivity contribution is -0.137. The molecule has 0 aliphatic rings. The monoisotopic (exact) mass is 498 g/mol. The van der Waals surface area contributed by atoms with Gasteiger partial charge in [0.15, 0.2) is 6.61 Å². The lowest BCUT2D eigenvalue weighted by Crippen LogP contribution is -2.24. The molecule has 0 atom stereocenters. The van der Waals surface area contributed by atoms with Crippen molar-refractivity contribution in [2.45, 2.75) is 11.1 Å². The second kappa shape index (κ2) is 9.43. The van der Waals surface area contributed by atoms with Crippen LogP contribution in [0.25, 0.3) is 0 Å². The highest BCUT2D eigenvalue weighted by Gasteiger charge is 2.34. The van der Waals surface area contributed by atoms with Crippen LogP contribution in [0.4, 0.5) is 18.9 Å². The summed E-state index contributed by atoms with van der Waals surface area (Å²) in [6, 6.07) is 6.07. The molecule has 0 unspecified atom stereocenters. The summed E-state index contributed by atoms with van der Waals surface area (Å²) in [6.45, 7) is -0.919. The summed E-state index contributed by atoms with van der Waals surface area (Å²) < 4.78 is 69.4. The van der Waals surface area contributed by atoms with E-state index >= 15 is 0 Å². The normalized spacial score (nSPS) is 12.0. The minimum absolute atomic E-state index is 0.134. The molecule has 2 aromatic rings. The van der Waals surface area contributed by atoms with Crippen molar-refractivity contribution in [2.24, 2.45) is 0 Å². The number of anilines is 1. The van der Waals surface area contributed by atoms with Crippen LogP contribution in [-0.4, -0.2) is 45.3 Å². The van der Waals surface area contributed by atoms with Crippen molar-refractivity contribution in [2.75, 3.05) is 26.0 Å². The molecule has 0 aliphatic heterocycles. The molecule has 31 heavy (non-hydrogen) atoms. The molecule has 168 valence electrons. The number of nitrogens with zero attached hydrogens (tertiary/aromatic N) is 1. The second-order valence-electron chi connectivity index (χ2n) is 6.24. The van der Waals surface area contributed by atoms with Crippen LogP contribution in [0.5, 0.6) is 0 Å². The molecular formula is C18H15Cl2F3N2O5S. The number of carbonyl (C=O) groups is 2. The van der Waals surface area contributed by atoms with Gasteiger partial charge >= 0.3 is 12.1 Å². The van der Waals surface area contributed by atoms with E-state index < -0.39 is 45.9 Å². The number of alkyl halides is 3. The highest BCUT2D eigenvalue weighted by atomic mass is 35.5. The summed E-state index contributed by atoms with van der Waals surface area (Å²) in [5.41, 5.74) is -1.96. The maximum Gasteiger partial charge on any atom is 0.418 e. The van der Waals surface area contributed by atoms with Gasteiger partial charge in [0.25, 0.3) is 5.91 Å². The molecule has 1 amide bonds. The van der Waals surface area contributed by atoms with E-state index in [0.717, 1.165) is 28.6 Å². The van der Waals surface area contributed by atoms with Gasteiger partial charge in [-0.2, -0.15) is 13.2 Å². The standard InChI is InChI=1S/C18H15Cl2F3N2O5S/c1-25(2)31(28,29)15-7-10(3-5-13(15)20)17(27)30-9-16(26)24-14-6-4-11(19)8-12(14)18(21,22)23/h3-8H,9H2,1-2H3,(H,24,26). The van der Waals surface area contributed by atoms with Crippen molar-refractivity contribution in [3.05, 3.63) is 57.6 Å². The number of hydrogen-bond acceptors (Lipinski definition) is 5. The number of amides is 1. The van der Waals surface area contributed by atoms with Crippen LogP contribution in [-0.2, 0) is 25.7 Å². The first-order valence-electron chi connectivity index (χ1n) is 8.29. The predicted octanol–water partition coefficient (Wildman–Crippen LogP) is 4.06. The number of nitrogens with one attached hydrogen (secondary N) is 1. The summed E-state index contributed by atoms with van der Waals surface area (Å²) in [5, 5.41) is 1.68. The Labute approximate surface area is 185 Å². The van der Waals surface area contributed by atoms with Gasteiger partial charge < -0.3 is 10.1 Å². The topological polar surface area (TPSA) is 92.8 Å². The second-order valence-corrected chi connectivity index (χ2v) is 9.21. The third-order valence-electron chi connectivity index (χ3n) is 3.82. The quantitative estimate of drug-likeness (QED) is 0.606. The molecule has 0 fully saturated rings. The van der Waals surface area contributed by atoms with Crippen LogP contribution in [0.15, 0.2) is 41.3 Å². The first-order valence-corrected chi connectivity index (χ1v) is 10.5. The SMILES string of the molecule is CN(C)S(=O)(=O)c1cc(C(=O)OCC(=O)Nc2ccc(Cl)cc2C(F)(F)F)ccc1Cl. The van der Waals surface area contributed by atoms with E-state index in [1.54, 1.807) is 0 Å². The number of rotatable bonds is 6. The zero-order valence-corrected chi connectivity index (χ0v) is 18.3. The van der Waals surface area contributed by atoms with Crippen molar-refractivity contribution >= 4 is 50.8 Å². The zero-order chi connectivity index (χ0) is 23.6. The molecule has 0 bridgehead atoms. The van der Waals surface area contributed by atoms with Gasteiger partial charge in [-0.15, -0.1) is 0 Å². The summed E-state index contributed by atoms with van der Waals surface area (Å²) in [6.07, 6.45) is -4.78. The zero-order valence-electron chi connectivity index (χ0n) is 16.0. The molecule has 7 nitrogen and oxygen atoms in total. The van der Waals surface area contributed by atoms with Crippen molar-refractivity contribution in [1.82, 2.24) is 4.31 Å². The highest BCUT2D eigenvalue weighted by Crippen LogP contribution is 2.36. The molecule has 0 spiro atoms. The van der Waals surface area contributed by atoms with E-state index in [1.165, 1.54) is 20.2 Å². The van der Waals surface area contributed by atoms with Crippen LogP contribution in [0.1, 0.15) is 15.9 Å². The average molecular weight is 499 g/mol. The Kier molecular flexibility index (Phi) is 7.58. The maximum absolute atomic E-state index is 13.1. The Morgan fingerprint density at radius 1 is 1.10 bits per heavy atom. The van der Waals surface area contributed by atoms with Gasteiger partial charge in [0.1, 0.15) is 4.90 Å². The van der Waals surface area contributed by atoms with Crippen LogP contribution >= 0.6 is 23.2 Å². The van der Waals surface area contributed by atoms with Crippen LogP contribution < -0.4 is 5.32 Å². The number of carbonyl (C=O) groups excluding carboxylic acids is 2. The van der Waals surface area contributed by atoms with Crippen LogP contribution in [0.3, 0.4) is 0 Å². The fraction of sp³-hybridized carbons (Fsp3) is 0.222. The number of esters is 1. The van der Waals surface area contributed by atoms with E-state index in [4.69, 9.17) is 27.9 Å². The molecule has 0 radical (unpaired) electrons. The van der Waals surface area contributed by atoms with Crippen LogP contribution in [0.2, 0.25) is 10.0 Å². The van der Waals surface area contributed by atoms with E-state index in [-0.39, 0.29) is 20.5 Å². The van der Waals surface area contributed by atoms with E-state index in [1.807, 2.05) is 5.32 Å². The molecule has 0 aliphatic carbocycles. The Hall–Kier alpha value is -2.34. The van der Waals surface area contributed by atoms with Crippen molar-refractivity contribution in [3.8, 4) is 0 Å². The van der Waals surface area contributed by atoms with Crippen molar-refractivity contribution in [1.29, 1.82) is 0 Å². The first kappa shape index (κ1) is 24.9. The summed E-state index contributed by atoms with van der Waals surface area (Å²) in [7, 11) is -1.42. The fourth-order valence-electron chi connectivity index (χ4n) is 2.29. The number of sulfonamides is 1. The Balaban J connectivity index is 2.13. The molecule has 0 saturated carbocycles. The Bertz CT molecular complexity index is 1120. The minimum Gasteiger partial charge on any atom is -0.452 e. The molecule has 13 heteroatoms. The Morgan fingerprint density at radius 2 is 1.74 bits per heavy atom. The lowest BCUT2D eigenvalue weighted by Gasteiger charge is -2.15. The molecule has 0 saturated heterocycles. The van der Waals surface area contributed by atoms with Gasteiger partial charge in [-0.05, 0) is 36.4 Å². The molecule has 0 heterocycles. The molecule has 0 aromatic heterocycles. The van der Waals surface area contributed by atoms with Gasteiger partial charge in [0.2, 0.25) is 10.0 Å². The van der Waals surface area contributed by atoms with Crippen molar-refractivity contribution < 1.29 is 35.9 Å². The summed E-state index contributed by atoms with van der Waals surface area (Å²) in [4.78, 5) is 23.8. The largest absolute Gasteiger partial charge is 0.452 e. The van der Waals surface area contributed by atoms with Gasteiger partial charge in [-0.25, -0.2) is 17.5 Å². The van der Waals surface area contributed by atoms with E-state index in [0.29, 0.717) is 6.07 Å². The van der Waals surface area contributed by atoms with E-state index in [9.17, 15) is 31.2 Å². The summed E-state index contributed by atoms with van der Waals surface area (Å²) in [5.74, 6) is -2.12. The van der Waals surface area contributed by atoms with Gasteiger partial charge in [-0.1, -0.05) is 23.2 Å².